The molecule has 0 aromatic carbocycles. The zero-order chi connectivity index (χ0) is 8.28. The third-order valence-electron chi connectivity index (χ3n) is 1.62. The van der Waals surface area contributed by atoms with Crippen LogP contribution < -0.4 is 0 Å². The van der Waals surface area contributed by atoms with Gasteiger partial charge in [0.25, 0.3) is 0 Å². The van der Waals surface area contributed by atoms with Gasteiger partial charge in [-0.15, -0.1) is 0 Å². The van der Waals surface area contributed by atoms with Gasteiger partial charge >= 0.3 is 65.4 Å². The molecule has 0 spiro atoms. The second-order valence-electron chi connectivity index (χ2n) is 2.17. The molecule has 0 saturated carbocycles. The molecule has 0 aliphatic carbocycles. The Hall–Kier alpha value is 0.600. The molecule has 0 aliphatic heterocycles. The van der Waals surface area contributed by atoms with Crippen LogP contribution in [-0.2, 0) is 4.52 Å². The fourth-order valence-corrected chi connectivity index (χ4v) is 2.23. The zero-order valence-electron chi connectivity index (χ0n) is 6.25. The van der Waals surface area contributed by atoms with E-state index in [9.17, 15) is 9.79 Å². The first-order valence-electron chi connectivity index (χ1n) is 3.19. The topological polar surface area (TPSA) is 49.7 Å². The number of hydrogen-bond donors (Lipinski definition) is 2. The Kier molecular flexibility index (Phi) is 3.53. The molecular formula is C5H14ClO3P. The van der Waals surface area contributed by atoms with Gasteiger partial charge in [0.1, 0.15) is 0 Å². The first-order valence-corrected chi connectivity index (χ1v) is 6.15. The molecule has 0 atom stereocenters. The van der Waals surface area contributed by atoms with Crippen molar-refractivity contribution >= 4 is 18.9 Å². The van der Waals surface area contributed by atoms with E-state index in [0.717, 1.165) is 0 Å². The molecule has 0 rings (SSSR count). The fraction of sp³-hybridized carbons (Fsp3) is 1.00. The van der Waals surface area contributed by atoms with Crippen molar-refractivity contribution < 1.29 is 14.3 Å². The number of hydrogen-bond acceptors (Lipinski definition) is 3. The van der Waals surface area contributed by atoms with Gasteiger partial charge in [0.2, 0.25) is 0 Å². The molecule has 0 aliphatic rings. The molecule has 0 radical (unpaired) electrons. The Balaban J connectivity index is 4.19. The van der Waals surface area contributed by atoms with Crippen molar-refractivity contribution in [2.75, 3.05) is 18.4 Å². The van der Waals surface area contributed by atoms with Gasteiger partial charge in [-0.05, 0) is 0 Å². The summed E-state index contributed by atoms with van der Waals surface area (Å²) >= 11 is 5.22. The van der Waals surface area contributed by atoms with Gasteiger partial charge in [-0.3, -0.25) is 0 Å². The summed E-state index contributed by atoms with van der Waals surface area (Å²) in [6.07, 6.45) is 0.462. The molecule has 0 amide bonds. The van der Waals surface area contributed by atoms with E-state index in [2.05, 4.69) is 0 Å². The van der Waals surface area contributed by atoms with E-state index in [1.807, 2.05) is 0 Å². The molecule has 0 heterocycles. The van der Waals surface area contributed by atoms with Crippen LogP contribution in [0.2, 0.25) is 0 Å². The van der Waals surface area contributed by atoms with Crippen LogP contribution in [0.25, 0.3) is 0 Å². The molecule has 2 N–H and O–H groups in total. The van der Waals surface area contributed by atoms with E-state index >= 15 is 0 Å². The van der Waals surface area contributed by atoms with Gasteiger partial charge in [0, 0.05) is 0 Å². The molecule has 0 saturated heterocycles. The monoisotopic (exact) mass is 188 g/mol. The average molecular weight is 189 g/mol. The van der Waals surface area contributed by atoms with Crippen LogP contribution in [-0.4, -0.2) is 28.2 Å². The first kappa shape index (κ1) is 10.6. The van der Waals surface area contributed by atoms with E-state index in [1.165, 1.54) is 0 Å². The quantitative estimate of drug-likeness (QED) is 0.520. The predicted octanol–water partition coefficient (Wildman–Crippen LogP) is 1.52. The number of rotatable bonds is 4. The predicted molar refractivity (Wildman–Crippen MR) is 44.2 cm³/mol. The first-order chi connectivity index (χ1) is 4.46. The van der Waals surface area contributed by atoms with Crippen molar-refractivity contribution in [3.63, 3.8) is 0 Å². The Morgan fingerprint density at radius 2 is 1.70 bits per heavy atom. The Labute approximate surface area is 66.1 Å². The molecule has 0 bridgehead atoms. The summed E-state index contributed by atoms with van der Waals surface area (Å²) in [7, 11) is -3.79. The van der Waals surface area contributed by atoms with E-state index < -0.39 is 7.28 Å². The van der Waals surface area contributed by atoms with Crippen LogP contribution in [0.1, 0.15) is 13.8 Å². The van der Waals surface area contributed by atoms with E-state index in [-0.39, 0.29) is 18.4 Å². The van der Waals surface area contributed by atoms with Crippen molar-refractivity contribution in [1.29, 1.82) is 0 Å². The van der Waals surface area contributed by atoms with Crippen LogP contribution in [0.3, 0.4) is 0 Å². The van der Waals surface area contributed by atoms with Crippen LogP contribution >= 0.6 is 18.9 Å². The third-order valence-corrected chi connectivity index (χ3v) is 5.15. The normalized spacial score (nSPS) is 16.3. The molecule has 3 nitrogen and oxygen atoms in total. The van der Waals surface area contributed by atoms with Gasteiger partial charge in [0.05, 0.1) is 0 Å². The maximum atomic E-state index is 9.47. The second kappa shape index (κ2) is 3.33. The van der Waals surface area contributed by atoms with Crippen LogP contribution in [0.4, 0.5) is 0 Å². The summed E-state index contributed by atoms with van der Waals surface area (Å²) in [5.41, 5.74) is 0. The maximum absolute atomic E-state index is 9.47. The Morgan fingerprint density at radius 3 is 1.80 bits per heavy atom. The summed E-state index contributed by atoms with van der Waals surface area (Å²) in [6.45, 7) is 3.35. The zero-order valence-corrected chi connectivity index (χ0v) is 7.90. The molecule has 0 aromatic heterocycles. The SMILES string of the molecule is CCP(O)(O)(CC)OCCl. The van der Waals surface area contributed by atoms with Gasteiger partial charge in [0.15, 0.2) is 0 Å². The van der Waals surface area contributed by atoms with E-state index in [4.69, 9.17) is 16.1 Å². The number of alkyl halides is 1. The van der Waals surface area contributed by atoms with Crippen LogP contribution in [0.15, 0.2) is 0 Å². The molecule has 0 fully saturated rings. The molecule has 5 heteroatoms. The number of halogens is 1. The summed E-state index contributed by atoms with van der Waals surface area (Å²) in [5, 5.41) is 0. The van der Waals surface area contributed by atoms with E-state index in [1.54, 1.807) is 13.8 Å². The van der Waals surface area contributed by atoms with Gasteiger partial charge in [-0.25, -0.2) is 0 Å². The van der Waals surface area contributed by atoms with Gasteiger partial charge < -0.3 is 0 Å². The Bertz CT molecular complexity index is 109. The molecule has 64 valence electrons. The minimum absolute atomic E-state index is 0.160. The molecule has 0 unspecified atom stereocenters. The van der Waals surface area contributed by atoms with Gasteiger partial charge in [-0.2, -0.15) is 0 Å². The average Bonchev–Trinajstić information content (AvgIpc) is 1.90. The van der Waals surface area contributed by atoms with Crippen molar-refractivity contribution in [2.45, 2.75) is 13.8 Å². The molecule has 10 heavy (non-hydrogen) atoms. The molecule has 0 aromatic rings. The summed E-state index contributed by atoms with van der Waals surface area (Å²) in [6, 6.07) is -0.160. The summed E-state index contributed by atoms with van der Waals surface area (Å²) in [5.74, 6) is 0. The third kappa shape index (κ3) is 2.69. The van der Waals surface area contributed by atoms with Crippen LogP contribution in [0.5, 0.6) is 0 Å². The second-order valence-corrected chi connectivity index (χ2v) is 6.51. The van der Waals surface area contributed by atoms with Crippen molar-refractivity contribution in [1.82, 2.24) is 0 Å². The van der Waals surface area contributed by atoms with Crippen molar-refractivity contribution in [3.05, 3.63) is 0 Å². The summed E-state index contributed by atoms with van der Waals surface area (Å²) < 4.78 is 4.72. The van der Waals surface area contributed by atoms with Gasteiger partial charge in [-0.1, -0.05) is 0 Å². The van der Waals surface area contributed by atoms with Crippen molar-refractivity contribution in [3.8, 4) is 0 Å². The Morgan fingerprint density at radius 1 is 1.30 bits per heavy atom. The van der Waals surface area contributed by atoms with Crippen LogP contribution in [0, 0.1) is 0 Å². The van der Waals surface area contributed by atoms with Crippen molar-refractivity contribution in [2.24, 2.45) is 0 Å². The molecular weight excluding hydrogens is 174 g/mol. The standard InChI is InChI=1S/C5H14ClO3P/c1-3-10(7,8,4-2)9-5-6/h7-8H,3-5H2,1-2H3. The van der Waals surface area contributed by atoms with E-state index in [0.29, 0.717) is 0 Å². The fourth-order valence-electron chi connectivity index (χ4n) is 0.519. The summed E-state index contributed by atoms with van der Waals surface area (Å²) in [4.78, 5) is 18.9. The minimum atomic E-state index is -3.79.